The second-order valence-electron chi connectivity index (χ2n) is 4.66. The van der Waals surface area contributed by atoms with Crippen molar-refractivity contribution in [3.8, 4) is 5.88 Å². The normalized spacial score (nSPS) is 22.9. The van der Waals surface area contributed by atoms with Crippen molar-refractivity contribution < 1.29 is 9.13 Å². The quantitative estimate of drug-likeness (QED) is 0.899. The van der Waals surface area contributed by atoms with Crippen LogP contribution in [0.3, 0.4) is 0 Å². The van der Waals surface area contributed by atoms with E-state index in [4.69, 9.17) is 16.3 Å². The molecule has 0 unspecified atom stereocenters. The van der Waals surface area contributed by atoms with E-state index in [0.717, 1.165) is 6.54 Å². The van der Waals surface area contributed by atoms with Gasteiger partial charge < -0.3 is 15.4 Å². The third-order valence-corrected chi connectivity index (χ3v) is 3.65. The maximum absolute atomic E-state index is 13.8. The Morgan fingerprint density at radius 3 is 3.20 bits per heavy atom. The molecular formula is C12H15ClFN5O. The van der Waals surface area contributed by atoms with Gasteiger partial charge in [-0.05, 0) is 19.0 Å². The number of alkyl halides is 1. The molecule has 20 heavy (non-hydrogen) atoms. The molecule has 8 heteroatoms. The van der Waals surface area contributed by atoms with E-state index in [1.807, 2.05) is 0 Å². The minimum atomic E-state index is -0.970. The van der Waals surface area contributed by atoms with E-state index < -0.39 is 6.17 Å². The Hall–Kier alpha value is -1.60. The van der Waals surface area contributed by atoms with Crippen molar-refractivity contribution in [2.75, 3.05) is 25.5 Å². The van der Waals surface area contributed by atoms with Gasteiger partial charge in [0.1, 0.15) is 11.7 Å². The van der Waals surface area contributed by atoms with Crippen LogP contribution in [0, 0.1) is 0 Å². The zero-order valence-corrected chi connectivity index (χ0v) is 11.7. The SMILES string of the molecule is COc1nc(N[C@H]2CCNC[C@H]2F)nn2ccc(Cl)c12. The third kappa shape index (κ3) is 2.38. The van der Waals surface area contributed by atoms with Gasteiger partial charge in [0.2, 0.25) is 11.8 Å². The van der Waals surface area contributed by atoms with Crippen LogP contribution in [0.25, 0.3) is 5.52 Å². The molecule has 1 saturated heterocycles. The fourth-order valence-electron chi connectivity index (χ4n) is 2.31. The summed E-state index contributed by atoms with van der Waals surface area (Å²) in [7, 11) is 1.51. The molecule has 0 radical (unpaired) electrons. The fraction of sp³-hybridized carbons (Fsp3) is 0.500. The topological polar surface area (TPSA) is 63.5 Å². The van der Waals surface area contributed by atoms with Gasteiger partial charge in [0, 0.05) is 12.7 Å². The Kier molecular flexibility index (Phi) is 3.62. The summed E-state index contributed by atoms with van der Waals surface area (Å²) in [4.78, 5) is 4.24. The molecule has 6 nitrogen and oxygen atoms in total. The highest BCUT2D eigenvalue weighted by Crippen LogP contribution is 2.27. The molecule has 3 rings (SSSR count). The van der Waals surface area contributed by atoms with E-state index in [0.29, 0.717) is 35.3 Å². The average molecular weight is 300 g/mol. The highest BCUT2D eigenvalue weighted by molar-refractivity contribution is 6.34. The van der Waals surface area contributed by atoms with Crippen LogP contribution >= 0.6 is 11.6 Å². The van der Waals surface area contributed by atoms with Crippen LogP contribution in [0.1, 0.15) is 6.42 Å². The number of rotatable bonds is 3. The zero-order chi connectivity index (χ0) is 14.1. The summed E-state index contributed by atoms with van der Waals surface area (Å²) in [6.07, 6.45) is 1.42. The van der Waals surface area contributed by atoms with Gasteiger partial charge in [0.25, 0.3) is 0 Å². The molecule has 0 spiro atoms. The van der Waals surface area contributed by atoms with Crippen LogP contribution in [0.4, 0.5) is 10.3 Å². The third-order valence-electron chi connectivity index (χ3n) is 3.35. The van der Waals surface area contributed by atoms with E-state index >= 15 is 0 Å². The van der Waals surface area contributed by atoms with Crippen molar-refractivity contribution >= 4 is 23.1 Å². The Morgan fingerprint density at radius 1 is 1.60 bits per heavy atom. The van der Waals surface area contributed by atoms with E-state index in [-0.39, 0.29) is 6.04 Å². The Labute approximate surface area is 120 Å². The van der Waals surface area contributed by atoms with Gasteiger partial charge >= 0.3 is 0 Å². The van der Waals surface area contributed by atoms with E-state index in [1.165, 1.54) is 7.11 Å². The van der Waals surface area contributed by atoms with E-state index in [2.05, 4.69) is 20.7 Å². The van der Waals surface area contributed by atoms with Crippen LogP contribution in [-0.2, 0) is 0 Å². The first-order chi connectivity index (χ1) is 9.69. The van der Waals surface area contributed by atoms with Crippen molar-refractivity contribution in [3.63, 3.8) is 0 Å². The summed E-state index contributed by atoms with van der Waals surface area (Å²) >= 11 is 6.05. The van der Waals surface area contributed by atoms with Crippen molar-refractivity contribution in [1.29, 1.82) is 0 Å². The highest BCUT2D eigenvalue weighted by Gasteiger charge is 2.25. The Bertz CT molecular complexity index is 619. The smallest absolute Gasteiger partial charge is 0.244 e. The lowest BCUT2D eigenvalue weighted by Crippen LogP contribution is -2.45. The molecule has 0 amide bonds. The number of fused-ring (bicyclic) bond motifs is 1. The first kappa shape index (κ1) is 13.4. The molecule has 0 aliphatic carbocycles. The summed E-state index contributed by atoms with van der Waals surface area (Å²) in [5.74, 6) is 0.693. The molecule has 0 bridgehead atoms. The number of hydrogen-bond donors (Lipinski definition) is 2. The molecule has 1 fully saturated rings. The van der Waals surface area contributed by atoms with Gasteiger partial charge in [0.15, 0.2) is 0 Å². The molecule has 1 aliphatic heterocycles. The molecule has 2 aromatic rings. The van der Waals surface area contributed by atoms with Crippen molar-refractivity contribution in [3.05, 3.63) is 17.3 Å². The predicted molar refractivity (Wildman–Crippen MR) is 74.3 cm³/mol. The maximum Gasteiger partial charge on any atom is 0.244 e. The zero-order valence-electron chi connectivity index (χ0n) is 10.9. The van der Waals surface area contributed by atoms with Crippen molar-refractivity contribution in [2.24, 2.45) is 0 Å². The molecule has 2 atom stereocenters. The van der Waals surface area contributed by atoms with Crippen LogP contribution in [-0.4, -0.2) is 47.0 Å². The molecule has 2 N–H and O–H groups in total. The van der Waals surface area contributed by atoms with Gasteiger partial charge in [-0.3, -0.25) is 0 Å². The summed E-state index contributed by atoms with van der Waals surface area (Å²) in [5.41, 5.74) is 0.599. The molecule has 108 valence electrons. The van der Waals surface area contributed by atoms with E-state index in [1.54, 1.807) is 16.8 Å². The van der Waals surface area contributed by atoms with Crippen LogP contribution < -0.4 is 15.4 Å². The lowest BCUT2D eigenvalue weighted by molar-refractivity contribution is 0.244. The number of nitrogens with one attached hydrogen (secondary N) is 2. The monoisotopic (exact) mass is 299 g/mol. The number of nitrogens with zero attached hydrogens (tertiary/aromatic N) is 3. The molecule has 0 saturated carbocycles. The van der Waals surface area contributed by atoms with Gasteiger partial charge in [-0.2, -0.15) is 4.98 Å². The average Bonchev–Trinajstić information content (AvgIpc) is 2.82. The molecule has 3 heterocycles. The van der Waals surface area contributed by atoms with Gasteiger partial charge in [0.05, 0.1) is 18.2 Å². The standard InChI is InChI=1S/C12H15ClFN5O/c1-20-11-10-7(13)3-5-19(10)18-12(17-11)16-9-2-4-15-6-8(9)14/h3,5,8-9,15H,2,4,6H2,1H3,(H,16,18)/t8-,9+/m1/s1. The van der Waals surface area contributed by atoms with Crippen LogP contribution in [0.15, 0.2) is 12.3 Å². The van der Waals surface area contributed by atoms with Crippen molar-refractivity contribution in [2.45, 2.75) is 18.6 Å². The minimum Gasteiger partial charge on any atom is -0.479 e. The molecule has 0 aromatic carbocycles. The van der Waals surface area contributed by atoms with Gasteiger partial charge in [-0.15, -0.1) is 5.10 Å². The number of hydrogen-bond acceptors (Lipinski definition) is 5. The predicted octanol–water partition coefficient (Wildman–Crippen LogP) is 1.50. The molecule has 2 aromatic heterocycles. The summed E-state index contributed by atoms with van der Waals surface area (Å²) in [5, 5.41) is 10.8. The number of halogens is 2. The summed E-state index contributed by atoms with van der Waals surface area (Å²) in [6, 6.07) is 1.41. The maximum atomic E-state index is 13.8. The number of piperidine rings is 1. The van der Waals surface area contributed by atoms with Crippen molar-refractivity contribution in [1.82, 2.24) is 19.9 Å². The lowest BCUT2D eigenvalue weighted by Gasteiger charge is -2.27. The first-order valence-corrected chi connectivity index (χ1v) is 6.77. The Balaban J connectivity index is 1.91. The number of methoxy groups -OCH3 is 1. The summed E-state index contributed by atoms with van der Waals surface area (Å²) in [6.45, 7) is 1.11. The highest BCUT2D eigenvalue weighted by atomic mass is 35.5. The largest absolute Gasteiger partial charge is 0.479 e. The lowest BCUT2D eigenvalue weighted by atomic mass is 10.1. The van der Waals surface area contributed by atoms with E-state index in [9.17, 15) is 4.39 Å². The summed E-state index contributed by atoms with van der Waals surface area (Å²) < 4.78 is 20.6. The second kappa shape index (κ2) is 5.41. The fourth-order valence-corrected chi connectivity index (χ4v) is 2.53. The minimum absolute atomic E-state index is 0.301. The molecule has 1 aliphatic rings. The number of aromatic nitrogens is 3. The number of anilines is 1. The van der Waals surface area contributed by atoms with Gasteiger partial charge in [-0.25, -0.2) is 8.91 Å². The molecular weight excluding hydrogens is 285 g/mol. The number of ether oxygens (including phenoxy) is 1. The van der Waals surface area contributed by atoms with Gasteiger partial charge in [-0.1, -0.05) is 11.6 Å². The van der Waals surface area contributed by atoms with Crippen LogP contribution in [0.5, 0.6) is 5.88 Å². The van der Waals surface area contributed by atoms with Crippen LogP contribution in [0.2, 0.25) is 5.02 Å². The second-order valence-corrected chi connectivity index (χ2v) is 5.07. The Morgan fingerprint density at radius 2 is 2.45 bits per heavy atom. The first-order valence-electron chi connectivity index (χ1n) is 6.39.